The first kappa shape index (κ1) is 18.7. The van der Waals surface area contributed by atoms with Gasteiger partial charge in [0, 0.05) is 37.7 Å². The van der Waals surface area contributed by atoms with Gasteiger partial charge < -0.3 is 5.11 Å². The number of sulfonamides is 1. The van der Waals surface area contributed by atoms with Crippen LogP contribution in [0, 0.1) is 0 Å². The highest BCUT2D eigenvalue weighted by atomic mass is 35.5. The van der Waals surface area contributed by atoms with Crippen LogP contribution in [0.15, 0.2) is 41.6 Å². The second-order valence-electron chi connectivity index (χ2n) is 5.83. The number of nitrogens with zero attached hydrogens (tertiary/aromatic N) is 4. The summed E-state index contributed by atoms with van der Waals surface area (Å²) in [6, 6.07) is 6.13. The van der Waals surface area contributed by atoms with Crippen molar-refractivity contribution >= 4 is 27.6 Å². The highest BCUT2D eigenvalue weighted by molar-refractivity contribution is 7.89. The number of hydrogen-bond acceptors (Lipinski definition) is 6. The van der Waals surface area contributed by atoms with E-state index in [1.54, 1.807) is 12.1 Å². The van der Waals surface area contributed by atoms with Gasteiger partial charge in [-0.2, -0.15) is 4.31 Å². The summed E-state index contributed by atoms with van der Waals surface area (Å²) in [6.07, 6.45) is 2.65. The predicted octanol–water partition coefficient (Wildman–Crippen LogP) is 1.33. The van der Waals surface area contributed by atoms with E-state index in [-0.39, 0.29) is 10.6 Å². The smallest absolute Gasteiger partial charge is 0.356 e. The van der Waals surface area contributed by atoms with Gasteiger partial charge in [0.25, 0.3) is 0 Å². The molecule has 0 amide bonds. The molecule has 0 atom stereocenters. The van der Waals surface area contributed by atoms with Gasteiger partial charge in [-0.25, -0.2) is 18.2 Å². The maximum absolute atomic E-state index is 12.7. The van der Waals surface area contributed by atoms with Crippen LogP contribution in [-0.4, -0.2) is 64.8 Å². The fraction of sp³-hybridized carbons (Fsp3) is 0.312. The molecular weight excluding hydrogens is 380 g/mol. The molecule has 1 aliphatic rings. The van der Waals surface area contributed by atoms with Gasteiger partial charge in [0.1, 0.15) is 0 Å². The number of aromatic carboxylic acids is 1. The van der Waals surface area contributed by atoms with Crippen LogP contribution >= 0.6 is 11.6 Å². The van der Waals surface area contributed by atoms with Crippen molar-refractivity contribution in [3.8, 4) is 0 Å². The molecular formula is C16H17ClN4O4S. The van der Waals surface area contributed by atoms with Crippen LogP contribution in [0.2, 0.25) is 5.02 Å². The third-order valence-corrected chi connectivity index (χ3v) is 6.26. The zero-order valence-electron chi connectivity index (χ0n) is 13.7. The lowest BCUT2D eigenvalue weighted by Gasteiger charge is -2.33. The summed E-state index contributed by atoms with van der Waals surface area (Å²) in [5.41, 5.74) is 0.539. The summed E-state index contributed by atoms with van der Waals surface area (Å²) in [6.45, 7) is 2.32. The first-order valence-corrected chi connectivity index (χ1v) is 9.70. The normalized spacial score (nSPS) is 16.5. The van der Waals surface area contributed by atoms with Crippen molar-refractivity contribution in [2.75, 3.05) is 26.2 Å². The fourth-order valence-electron chi connectivity index (χ4n) is 2.66. The maximum Gasteiger partial charge on any atom is 0.356 e. The van der Waals surface area contributed by atoms with Crippen LogP contribution < -0.4 is 0 Å². The first-order valence-electron chi connectivity index (χ1n) is 7.88. The molecule has 26 heavy (non-hydrogen) atoms. The van der Waals surface area contributed by atoms with Crippen molar-refractivity contribution in [2.45, 2.75) is 11.4 Å². The molecule has 3 rings (SSSR count). The van der Waals surface area contributed by atoms with Crippen molar-refractivity contribution in [1.82, 2.24) is 19.2 Å². The lowest BCUT2D eigenvalue weighted by atomic mass is 10.3. The molecule has 8 nitrogen and oxygen atoms in total. The van der Waals surface area contributed by atoms with Gasteiger partial charge in [-0.1, -0.05) is 11.6 Å². The number of halogens is 1. The number of rotatable bonds is 5. The minimum atomic E-state index is -3.54. The number of carboxylic acids is 1. The lowest BCUT2D eigenvalue weighted by molar-refractivity contribution is 0.0690. The molecule has 0 aliphatic carbocycles. The molecule has 0 bridgehead atoms. The first-order chi connectivity index (χ1) is 12.4. The Morgan fingerprint density at radius 1 is 1.08 bits per heavy atom. The van der Waals surface area contributed by atoms with Crippen LogP contribution in [0.1, 0.15) is 16.2 Å². The summed E-state index contributed by atoms with van der Waals surface area (Å²) >= 11 is 5.81. The number of aromatic nitrogens is 2. The van der Waals surface area contributed by atoms with Crippen molar-refractivity contribution in [1.29, 1.82) is 0 Å². The topological polar surface area (TPSA) is 104 Å². The third kappa shape index (κ3) is 4.18. The SMILES string of the molecule is O=C(O)c1cnc(CN2CCN(S(=O)(=O)c3ccc(Cl)cc3)CC2)cn1. The molecule has 0 radical (unpaired) electrons. The van der Waals surface area contributed by atoms with Crippen molar-refractivity contribution in [3.05, 3.63) is 53.1 Å². The Labute approximate surface area is 156 Å². The number of carboxylic acid groups (broad SMARTS) is 1. The molecule has 138 valence electrons. The summed E-state index contributed by atoms with van der Waals surface area (Å²) in [5, 5.41) is 9.32. The van der Waals surface area contributed by atoms with Crippen molar-refractivity contribution in [2.24, 2.45) is 0 Å². The van der Waals surface area contributed by atoms with Gasteiger partial charge in [-0.3, -0.25) is 9.88 Å². The largest absolute Gasteiger partial charge is 0.476 e. The van der Waals surface area contributed by atoms with E-state index in [1.807, 2.05) is 0 Å². The molecule has 2 aromatic rings. The van der Waals surface area contributed by atoms with E-state index in [2.05, 4.69) is 14.9 Å². The molecule has 1 N–H and O–H groups in total. The average Bonchev–Trinajstić information content (AvgIpc) is 2.63. The summed E-state index contributed by atoms with van der Waals surface area (Å²) < 4.78 is 26.8. The highest BCUT2D eigenvalue weighted by Crippen LogP contribution is 2.20. The van der Waals surface area contributed by atoms with Gasteiger partial charge in [0.05, 0.1) is 23.0 Å². The van der Waals surface area contributed by atoms with Gasteiger partial charge >= 0.3 is 5.97 Å². The Balaban J connectivity index is 1.60. The van der Waals surface area contributed by atoms with Crippen molar-refractivity contribution in [3.63, 3.8) is 0 Å². The highest BCUT2D eigenvalue weighted by Gasteiger charge is 2.28. The van der Waals surface area contributed by atoms with Crippen molar-refractivity contribution < 1.29 is 18.3 Å². The number of hydrogen-bond donors (Lipinski definition) is 1. The Bertz CT molecular complexity index is 879. The fourth-order valence-corrected chi connectivity index (χ4v) is 4.21. The monoisotopic (exact) mass is 396 g/mol. The Hall–Kier alpha value is -2.07. The molecule has 1 aromatic carbocycles. The molecule has 0 saturated carbocycles. The van der Waals surface area contributed by atoms with E-state index in [0.29, 0.717) is 43.4 Å². The number of piperazine rings is 1. The second-order valence-corrected chi connectivity index (χ2v) is 8.21. The Morgan fingerprint density at radius 3 is 2.27 bits per heavy atom. The third-order valence-electron chi connectivity index (χ3n) is 4.09. The summed E-state index contributed by atoms with van der Waals surface area (Å²) in [4.78, 5) is 21.0. The van der Waals surface area contributed by atoms with Gasteiger partial charge in [-0.15, -0.1) is 0 Å². The number of benzene rings is 1. The van der Waals surface area contributed by atoms with Gasteiger partial charge in [-0.05, 0) is 24.3 Å². The van der Waals surface area contributed by atoms with E-state index in [1.165, 1.54) is 28.8 Å². The van der Waals surface area contributed by atoms with E-state index in [0.717, 1.165) is 0 Å². The lowest BCUT2D eigenvalue weighted by Crippen LogP contribution is -2.48. The van der Waals surface area contributed by atoms with Gasteiger partial charge in [0.2, 0.25) is 10.0 Å². The summed E-state index contributed by atoms with van der Waals surface area (Å²) in [7, 11) is -3.54. The minimum absolute atomic E-state index is 0.104. The molecule has 2 heterocycles. The molecule has 1 aliphatic heterocycles. The quantitative estimate of drug-likeness (QED) is 0.813. The van der Waals surface area contributed by atoms with Crippen LogP contribution in [0.5, 0.6) is 0 Å². The van der Waals surface area contributed by atoms with E-state index < -0.39 is 16.0 Å². The average molecular weight is 397 g/mol. The zero-order valence-corrected chi connectivity index (χ0v) is 15.3. The Kier molecular flexibility index (Phi) is 5.52. The van der Waals surface area contributed by atoms with Gasteiger partial charge in [0.15, 0.2) is 5.69 Å². The minimum Gasteiger partial charge on any atom is -0.476 e. The van der Waals surface area contributed by atoms with Crippen LogP contribution in [0.3, 0.4) is 0 Å². The molecule has 0 unspecified atom stereocenters. The molecule has 10 heteroatoms. The van der Waals surface area contributed by atoms with E-state index in [4.69, 9.17) is 16.7 Å². The van der Waals surface area contributed by atoms with Crippen LogP contribution in [0.25, 0.3) is 0 Å². The predicted molar refractivity (Wildman–Crippen MR) is 94.5 cm³/mol. The Morgan fingerprint density at radius 2 is 1.73 bits per heavy atom. The second kappa shape index (κ2) is 7.67. The summed E-state index contributed by atoms with van der Waals surface area (Å²) in [5.74, 6) is -1.12. The number of carbonyl (C=O) groups is 1. The molecule has 0 spiro atoms. The van der Waals surface area contributed by atoms with Crippen LogP contribution in [0.4, 0.5) is 0 Å². The molecule has 1 aromatic heterocycles. The molecule has 1 fully saturated rings. The maximum atomic E-state index is 12.7. The van der Waals surface area contributed by atoms with E-state index in [9.17, 15) is 13.2 Å². The zero-order chi connectivity index (χ0) is 18.7. The standard InChI is InChI=1S/C16H17ClN4O4S/c17-12-1-3-14(4-2-12)26(24,25)21-7-5-20(6-8-21)11-13-9-19-15(10-18-13)16(22)23/h1-4,9-10H,5-8,11H2,(H,22,23). The van der Waals surface area contributed by atoms with Crippen LogP contribution in [-0.2, 0) is 16.6 Å². The van der Waals surface area contributed by atoms with E-state index >= 15 is 0 Å². The molecule has 1 saturated heterocycles.